The second kappa shape index (κ2) is 4.53. The fourth-order valence-electron chi connectivity index (χ4n) is 2.14. The number of thioether (sulfide) groups is 1. The van der Waals surface area contributed by atoms with Crippen molar-refractivity contribution < 1.29 is 4.79 Å². The van der Waals surface area contributed by atoms with E-state index in [0.717, 1.165) is 38.4 Å². The van der Waals surface area contributed by atoms with Crippen molar-refractivity contribution in [1.82, 2.24) is 10.2 Å². The number of hydrogen-bond acceptors (Lipinski definition) is 3. The molecule has 4 heteroatoms. The van der Waals surface area contributed by atoms with Crippen LogP contribution in [0.15, 0.2) is 0 Å². The molecule has 2 aliphatic rings. The van der Waals surface area contributed by atoms with Gasteiger partial charge in [-0.1, -0.05) is 6.92 Å². The van der Waals surface area contributed by atoms with E-state index in [-0.39, 0.29) is 5.92 Å². The summed E-state index contributed by atoms with van der Waals surface area (Å²) in [6, 6.07) is 0. The standard InChI is InChI=1S/C10H18N2OS/c1-8-7-12(4-5-14-8)10(13)9-2-3-11-6-9/h8-9,11H,2-7H2,1H3/t8?,9-/m1/s1. The minimum Gasteiger partial charge on any atom is -0.340 e. The number of carbonyl (C=O) groups excluding carboxylic acids is 1. The first-order valence-electron chi connectivity index (χ1n) is 5.38. The number of amides is 1. The van der Waals surface area contributed by atoms with Crippen molar-refractivity contribution in [2.45, 2.75) is 18.6 Å². The number of carbonyl (C=O) groups is 1. The molecule has 0 aliphatic carbocycles. The molecule has 2 aliphatic heterocycles. The van der Waals surface area contributed by atoms with Gasteiger partial charge in [-0.2, -0.15) is 11.8 Å². The Labute approximate surface area is 89.6 Å². The fraction of sp³-hybridized carbons (Fsp3) is 0.900. The average Bonchev–Trinajstić information content (AvgIpc) is 2.69. The molecular formula is C10H18N2OS. The molecule has 1 amide bonds. The lowest BCUT2D eigenvalue weighted by Crippen LogP contribution is -2.44. The largest absolute Gasteiger partial charge is 0.340 e. The fourth-order valence-corrected chi connectivity index (χ4v) is 3.16. The molecule has 80 valence electrons. The molecule has 2 rings (SSSR count). The summed E-state index contributed by atoms with van der Waals surface area (Å²) in [5.74, 6) is 1.74. The van der Waals surface area contributed by atoms with Gasteiger partial charge in [0.05, 0.1) is 5.92 Å². The molecule has 3 nitrogen and oxygen atoms in total. The maximum absolute atomic E-state index is 12.0. The van der Waals surface area contributed by atoms with Crippen molar-refractivity contribution in [1.29, 1.82) is 0 Å². The lowest BCUT2D eigenvalue weighted by Gasteiger charge is -2.32. The molecule has 1 unspecified atom stereocenters. The first kappa shape index (κ1) is 10.3. The second-order valence-corrected chi connectivity index (χ2v) is 5.70. The van der Waals surface area contributed by atoms with Crippen LogP contribution in [0.2, 0.25) is 0 Å². The van der Waals surface area contributed by atoms with Crippen molar-refractivity contribution in [3.63, 3.8) is 0 Å². The summed E-state index contributed by atoms with van der Waals surface area (Å²) in [6.07, 6.45) is 1.02. The zero-order valence-corrected chi connectivity index (χ0v) is 9.48. The van der Waals surface area contributed by atoms with Crippen LogP contribution in [0.1, 0.15) is 13.3 Å². The van der Waals surface area contributed by atoms with Crippen LogP contribution in [-0.4, -0.2) is 48.0 Å². The molecule has 1 N–H and O–H groups in total. The number of nitrogens with zero attached hydrogens (tertiary/aromatic N) is 1. The summed E-state index contributed by atoms with van der Waals surface area (Å²) in [5, 5.41) is 3.86. The van der Waals surface area contributed by atoms with Gasteiger partial charge in [0.15, 0.2) is 0 Å². The van der Waals surface area contributed by atoms with E-state index >= 15 is 0 Å². The van der Waals surface area contributed by atoms with Crippen molar-refractivity contribution in [2.75, 3.05) is 31.9 Å². The topological polar surface area (TPSA) is 32.3 Å². The SMILES string of the molecule is CC1CN(C(=O)[C@@H]2CCNC2)CCS1. The van der Waals surface area contributed by atoms with Gasteiger partial charge in [0.25, 0.3) is 0 Å². The minimum absolute atomic E-state index is 0.255. The van der Waals surface area contributed by atoms with E-state index in [9.17, 15) is 4.79 Å². The quantitative estimate of drug-likeness (QED) is 0.692. The highest BCUT2D eigenvalue weighted by molar-refractivity contribution is 7.99. The third kappa shape index (κ3) is 2.23. The van der Waals surface area contributed by atoms with E-state index in [1.165, 1.54) is 0 Å². The summed E-state index contributed by atoms with van der Waals surface area (Å²) in [5.41, 5.74) is 0. The van der Waals surface area contributed by atoms with E-state index in [2.05, 4.69) is 17.1 Å². The van der Waals surface area contributed by atoms with Crippen molar-refractivity contribution in [3.05, 3.63) is 0 Å². The zero-order valence-electron chi connectivity index (χ0n) is 8.66. The Balaban J connectivity index is 1.89. The lowest BCUT2D eigenvalue weighted by atomic mass is 10.1. The third-order valence-corrected chi connectivity index (χ3v) is 4.10. The number of nitrogens with one attached hydrogen (secondary N) is 1. The maximum Gasteiger partial charge on any atom is 0.227 e. The van der Waals surface area contributed by atoms with Gasteiger partial charge in [0.2, 0.25) is 5.91 Å². The second-order valence-electron chi connectivity index (χ2n) is 4.16. The van der Waals surface area contributed by atoms with E-state index < -0.39 is 0 Å². The van der Waals surface area contributed by atoms with Crippen molar-refractivity contribution >= 4 is 17.7 Å². The normalized spacial score (nSPS) is 33.4. The first-order valence-corrected chi connectivity index (χ1v) is 6.43. The molecule has 2 fully saturated rings. The number of rotatable bonds is 1. The minimum atomic E-state index is 0.255. The van der Waals surface area contributed by atoms with Crippen LogP contribution in [-0.2, 0) is 4.79 Å². The third-order valence-electron chi connectivity index (χ3n) is 2.96. The van der Waals surface area contributed by atoms with Gasteiger partial charge >= 0.3 is 0 Å². The molecule has 0 bridgehead atoms. The summed E-state index contributed by atoms with van der Waals surface area (Å²) in [7, 11) is 0. The molecule has 2 atom stereocenters. The predicted octanol–water partition coefficient (Wildman–Crippen LogP) is 0.560. The smallest absolute Gasteiger partial charge is 0.227 e. The highest BCUT2D eigenvalue weighted by Gasteiger charge is 2.29. The average molecular weight is 214 g/mol. The van der Waals surface area contributed by atoms with Crippen LogP contribution in [0.3, 0.4) is 0 Å². The molecule has 14 heavy (non-hydrogen) atoms. The lowest BCUT2D eigenvalue weighted by molar-refractivity contribution is -0.134. The Morgan fingerprint density at radius 3 is 3.07 bits per heavy atom. The summed E-state index contributed by atoms with van der Waals surface area (Å²) >= 11 is 1.97. The summed E-state index contributed by atoms with van der Waals surface area (Å²) in [4.78, 5) is 14.1. The van der Waals surface area contributed by atoms with E-state index in [4.69, 9.17) is 0 Å². The molecule has 0 radical (unpaired) electrons. The molecule has 2 heterocycles. The highest BCUT2D eigenvalue weighted by atomic mass is 32.2. The van der Waals surface area contributed by atoms with Gasteiger partial charge in [-0.05, 0) is 13.0 Å². The first-order chi connectivity index (χ1) is 6.77. The Kier molecular flexibility index (Phi) is 3.34. The molecule has 0 aromatic heterocycles. The van der Waals surface area contributed by atoms with E-state index in [1.54, 1.807) is 0 Å². The molecular weight excluding hydrogens is 196 g/mol. The van der Waals surface area contributed by atoms with Crippen LogP contribution in [0.4, 0.5) is 0 Å². The molecule has 0 aromatic carbocycles. The Bertz CT molecular complexity index is 216. The monoisotopic (exact) mass is 214 g/mol. The predicted molar refractivity (Wildman–Crippen MR) is 59.5 cm³/mol. The van der Waals surface area contributed by atoms with Crippen LogP contribution in [0, 0.1) is 5.92 Å². The molecule has 0 aromatic rings. The molecule has 0 spiro atoms. The van der Waals surface area contributed by atoms with E-state index in [0.29, 0.717) is 11.2 Å². The van der Waals surface area contributed by atoms with Gasteiger partial charge in [-0.25, -0.2) is 0 Å². The van der Waals surface area contributed by atoms with Gasteiger partial charge < -0.3 is 10.2 Å². The van der Waals surface area contributed by atoms with Gasteiger partial charge in [-0.15, -0.1) is 0 Å². The van der Waals surface area contributed by atoms with Crippen LogP contribution >= 0.6 is 11.8 Å². The summed E-state index contributed by atoms with van der Waals surface area (Å²) < 4.78 is 0. The maximum atomic E-state index is 12.0. The number of hydrogen-bond donors (Lipinski definition) is 1. The van der Waals surface area contributed by atoms with Crippen LogP contribution in [0.5, 0.6) is 0 Å². The van der Waals surface area contributed by atoms with Crippen LogP contribution < -0.4 is 5.32 Å². The van der Waals surface area contributed by atoms with E-state index in [1.807, 2.05) is 11.8 Å². The Morgan fingerprint density at radius 2 is 2.43 bits per heavy atom. The molecule has 2 saturated heterocycles. The van der Waals surface area contributed by atoms with Crippen molar-refractivity contribution in [2.24, 2.45) is 5.92 Å². The summed E-state index contributed by atoms with van der Waals surface area (Å²) in [6.45, 7) is 5.99. The van der Waals surface area contributed by atoms with Gasteiger partial charge in [0, 0.05) is 30.6 Å². The van der Waals surface area contributed by atoms with Crippen molar-refractivity contribution in [3.8, 4) is 0 Å². The Morgan fingerprint density at radius 1 is 1.57 bits per heavy atom. The van der Waals surface area contributed by atoms with Gasteiger partial charge in [0.1, 0.15) is 0 Å². The Hall–Kier alpha value is -0.220. The highest BCUT2D eigenvalue weighted by Crippen LogP contribution is 2.20. The molecule has 0 saturated carbocycles. The van der Waals surface area contributed by atoms with Crippen LogP contribution in [0.25, 0.3) is 0 Å². The van der Waals surface area contributed by atoms with Gasteiger partial charge in [-0.3, -0.25) is 4.79 Å². The zero-order chi connectivity index (χ0) is 9.97.